The highest BCUT2D eigenvalue weighted by Gasteiger charge is 2.22. The van der Waals surface area contributed by atoms with Crippen molar-refractivity contribution in [2.24, 2.45) is 5.92 Å². The molecule has 4 nitrogen and oxygen atoms in total. The van der Waals surface area contributed by atoms with Crippen LogP contribution in [0.3, 0.4) is 0 Å². The number of anilines is 2. The first-order chi connectivity index (χ1) is 9.17. The van der Waals surface area contributed by atoms with Gasteiger partial charge in [-0.3, -0.25) is 0 Å². The molecule has 1 aliphatic carbocycles. The third-order valence-electron chi connectivity index (χ3n) is 3.91. The molecule has 0 atom stereocenters. The van der Waals surface area contributed by atoms with Crippen LogP contribution in [0.1, 0.15) is 36.5 Å². The van der Waals surface area contributed by atoms with Gasteiger partial charge < -0.3 is 15.4 Å². The molecular formula is C15H22N2O2. The first-order valence-electron chi connectivity index (χ1n) is 6.89. The van der Waals surface area contributed by atoms with Gasteiger partial charge in [0.1, 0.15) is 0 Å². The number of methoxy groups -OCH3 is 1. The number of nitrogens with two attached hydrogens (primary N) is 1. The number of carbonyl (C=O) groups excluding carboxylic acids is 1. The maximum absolute atomic E-state index is 11.7. The smallest absolute Gasteiger partial charge is 0.340 e. The van der Waals surface area contributed by atoms with E-state index in [0.29, 0.717) is 11.3 Å². The van der Waals surface area contributed by atoms with Gasteiger partial charge in [-0.1, -0.05) is 12.5 Å². The zero-order valence-corrected chi connectivity index (χ0v) is 11.7. The van der Waals surface area contributed by atoms with Crippen molar-refractivity contribution < 1.29 is 9.53 Å². The molecule has 19 heavy (non-hydrogen) atoms. The Balaban J connectivity index is 2.23. The topological polar surface area (TPSA) is 55.6 Å². The van der Waals surface area contributed by atoms with Gasteiger partial charge in [-0.2, -0.15) is 0 Å². The average molecular weight is 262 g/mol. The monoisotopic (exact) mass is 262 g/mol. The number of nitrogen functional groups attached to an aromatic ring is 1. The summed E-state index contributed by atoms with van der Waals surface area (Å²) in [7, 11) is 1.38. The van der Waals surface area contributed by atoms with Gasteiger partial charge >= 0.3 is 5.97 Å². The predicted octanol–water partition coefficient (Wildman–Crippen LogP) is 2.68. The Morgan fingerprint density at radius 2 is 2.21 bits per heavy atom. The molecule has 0 unspecified atom stereocenters. The van der Waals surface area contributed by atoms with Gasteiger partial charge in [-0.25, -0.2) is 4.79 Å². The number of rotatable bonds is 5. The normalized spacial score (nSPS) is 14.8. The van der Waals surface area contributed by atoms with Crippen molar-refractivity contribution in [3.8, 4) is 0 Å². The van der Waals surface area contributed by atoms with Crippen LogP contribution < -0.4 is 10.6 Å². The average Bonchev–Trinajstić information content (AvgIpc) is 2.38. The molecule has 2 rings (SSSR count). The van der Waals surface area contributed by atoms with Crippen LogP contribution in [0.5, 0.6) is 0 Å². The van der Waals surface area contributed by atoms with Crippen molar-refractivity contribution in [3.63, 3.8) is 0 Å². The second kappa shape index (κ2) is 5.95. The Labute approximate surface area is 114 Å². The largest absolute Gasteiger partial charge is 0.465 e. The number of esters is 1. The highest BCUT2D eigenvalue weighted by Crippen LogP contribution is 2.32. The summed E-state index contributed by atoms with van der Waals surface area (Å²) in [5, 5.41) is 0. The van der Waals surface area contributed by atoms with Crippen LogP contribution in [0.4, 0.5) is 11.4 Å². The highest BCUT2D eigenvalue weighted by atomic mass is 16.5. The molecule has 1 aromatic carbocycles. The second-order valence-corrected chi connectivity index (χ2v) is 5.07. The molecule has 2 N–H and O–H groups in total. The maximum atomic E-state index is 11.7. The fraction of sp³-hybridized carbons (Fsp3) is 0.533. The number of para-hydroxylation sites is 1. The van der Waals surface area contributed by atoms with Crippen molar-refractivity contribution in [2.75, 3.05) is 30.8 Å². The van der Waals surface area contributed by atoms with E-state index in [0.717, 1.165) is 24.7 Å². The minimum atomic E-state index is -0.376. The van der Waals surface area contributed by atoms with Crippen LogP contribution in [0, 0.1) is 5.92 Å². The van der Waals surface area contributed by atoms with Crippen molar-refractivity contribution in [3.05, 3.63) is 23.8 Å². The van der Waals surface area contributed by atoms with Gasteiger partial charge in [-0.15, -0.1) is 0 Å². The summed E-state index contributed by atoms with van der Waals surface area (Å²) < 4.78 is 4.76. The summed E-state index contributed by atoms with van der Waals surface area (Å²) in [6.07, 6.45) is 3.93. The molecule has 0 radical (unpaired) electrons. The van der Waals surface area contributed by atoms with E-state index in [4.69, 9.17) is 10.5 Å². The summed E-state index contributed by atoms with van der Waals surface area (Å²) in [4.78, 5) is 13.9. The molecule has 1 saturated carbocycles. The molecule has 0 aliphatic heterocycles. The zero-order valence-electron chi connectivity index (χ0n) is 11.7. The van der Waals surface area contributed by atoms with Gasteiger partial charge in [0.15, 0.2) is 0 Å². The number of nitrogens with zero attached hydrogens (tertiary/aromatic N) is 1. The summed E-state index contributed by atoms with van der Waals surface area (Å²) in [6, 6.07) is 5.55. The Morgan fingerprint density at radius 3 is 2.74 bits per heavy atom. The minimum absolute atomic E-state index is 0.376. The standard InChI is InChI=1S/C15H22N2O2/c1-3-17(10-11-6-4-7-11)13-9-5-8-12(14(13)16)15(18)19-2/h5,8-9,11H,3-4,6-7,10,16H2,1-2H3. The molecule has 4 heteroatoms. The first kappa shape index (κ1) is 13.7. The molecule has 0 saturated heterocycles. The number of benzene rings is 1. The van der Waals surface area contributed by atoms with Crippen LogP contribution in [0.2, 0.25) is 0 Å². The van der Waals surface area contributed by atoms with E-state index in [2.05, 4.69) is 11.8 Å². The maximum Gasteiger partial charge on any atom is 0.340 e. The lowest BCUT2D eigenvalue weighted by molar-refractivity contribution is 0.0602. The molecule has 0 amide bonds. The quantitative estimate of drug-likeness (QED) is 0.654. The molecule has 104 valence electrons. The Kier molecular flexibility index (Phi) is 4.30. The van der Waals surface area contributed by atoms with Gasteiger partial charge in [0, 0.05) is 13.1 Å². The van der Waals surface area contributed by atoms with E-state index in [1.807, 2.05) is 12.1 Å². The fourth-order valence-electron chi connectivity index (χ4n) is 2.50. The van der Waals surface area contributed by atoms with E-state index in [-0.39, 0.29) is 5.97 Å². The van der Waals surface area contributed by atoms with Crippen molar-refractivity contribution in [1.82, 2.24) is 0 Å². The second-order valence-electron chi connectivity index (χ2n) is 5.07. The number of hydrogen-bond acceptors (Lipinski definition) is 4. The van der Waals surface area contributed by atoms with E-state index in [9.17, 15) is 4.79 Å². The molecule has 1 aliphatic rings. The van der Waals surface area contributed by atoms with Crippen LogP contribution in [-0.4, -0.2) is 26.2 Å². The SMILES string of the molecule is CCN(CC1CCC1)c1cccc(C(=O)OC)c1N. The number of carbonyl (C=O) groups is 1. The summed E-state index contributed by atoms with van der Waals surface area (Å²) in [5.41, 5.74) is 8.05. The van der Waals surface area contributed by atoms with Crippen molar-refractivity contribution in [2.45, 2.75) is 26.2 Å². The summed E-state index contributed by atoms with van der Waals surface area (Å²) in [6.45, 7) is 4.03. The van der Waals surface area contributed by atoms with Crippen LogP contribution >= 0.6 is 0 Å². The van der Waals surface area contributed by atoms with Crippen molar-refractivity contribution in [1.29, 1.82) is 0 Å². The lowest BCUT2D eigenvalue weighted by Crippen LogP contribution is -2.33. The Hall–Kier alpha value is -1.71. The van der Waals surface area contributed by atoms with Gasteiger partial charge in [0.25, 0.3) is 0 Å². The van der Waals surface area contributed by atoms with Crippen LogP contribution in [0.15, 0.2) is 18.2 Å². The first-order valence-corrected chi connectivity index (χ1v) is 6.89. The van der Waals surface area contributed by atoms with Crippen molar-refractivity contribution >= 4 is 17.3 Å². The molecule has 0 spiro atoms. The lowest BCUT2D eigenvalue weighted by Gasteiger charge is -2.34. The highest BCUT2D eigenvalue weighted by molar-refractivity contribution is 5.98. The minimum Gasteiger partial charge on any atom is -0.465 e. The van der Waals surface area contributed by atoms with E-state index in [1.165, 1.54) is 26.4 Å². The predicted molar refractivity (Wildman–Crippen MR) is 77.4 cm³/mol. The van der Waals surface area contributed by atoms with E-state index in [1.54, 1.807) is 6.07 Å². The lowest BCUT2D eigenvalue weighted by atomic mass is 9.85. The van der Waals surface area contributed by atoms with Gasteiger partial charge in [0.05, 0.1) is 24.0 Å². The molecule has 0 aromatic heterocycles. The zero-order chi connectivity index (χ0) is 13.8. The fourth-order valence-corrected chi connectivity index (χ4v) is 2.50. The molecule has 0 bridgehead atoms. The number of ether oxygens (including phenoxy) is 1. The molecule has 0 heterocycles. The van der Waals surface area contributed by atoms with Crippen LogP contribution in [-0.2, 0) is 4.74 Å². The number of hydrogen-bond donors (Lipinski definition) is 1. The van der Waals surface area contributed by atoms with Gasteiger partial charge in [0.2, 0.25) is 0 Å². The summed E-state index contributed by atoms with van der Waals surface area (Å²) in [5.74, 6) is 0.389. The van der Waals surface area contributed by atoms with E-state index >= 15 is 0 Å². The van der Waals surface area contributed by atoms with Gasteiger partial charge in [-0.05, 0) is 37.8 Å². The third kappa shape index (κ3) is 2.83. The Bertz CT molecular complexity index is 455. The third-order valence-corrected chi connectivity index (χ3v) is 3.91. The molecular weight excluding hydrogens is 240 g/mol. The molecule has 1 fully saturated rings. The molecule has 1 aromatic rings. The van der Waals surface area contributed by atoms with Crippen LogP contribution in [0.25, 0.3) is 0 Å². The Morgan fingerprint density at radius 1 is 1.47 bits per heavy atom. The van der Waals surface area contributed by atoms with E-state index < -0.39 is 0 Å². The summed E-state index contributed by atoms with van der Waals surface area (Å²) >= 11 is 0.